The van der Waals surface area contributed by atoms with Crippen LogP contribution in [0.4, 0.5) is 0 Å². The van der Waals surface area contributed by atoms with Gasteiger partial charge in [0.2, 0.25) is 0 Å². The van der Waals surface area contributed by atoms with Gasteiger partial charge in [-0.25, -0.2) is 5.43 Å². The largest absolute Gasteiger partial charge is 0.497 e. The van der Waals surface area contributed by atoms with E-state index in [2.05, 4.69) is 10.5 Å². The molecule has 1 amide bonds. The summed E-state index contributed by atoms with van der Waals surface area (Å²) in [5.41, 5.74) is 4.34. The molecule has 148 valence electrons. The summed E-state index contributed by atoms with van der Waals surface area (Å²) in [6.45, 7) is 0.356. The molecule has 1 N–H and O–H groups in total. The van der Waals surface area contributed by atoms with Crippen molar-refractivity contribution in [2.45, 2.75) is 6.61 Å². The highest BCUT2D eigenvalue weighted by atomic mass is 16.5. The minimum atomic E-state index is -0.353. The fourth-order valence-corrected chi connectivity index (χ4v) is 2.45. The fraction of sp³-hybridized carbons (Fsp3) is 0.130. The van der Waals surface area contributed by atoms with Crippen LogP contribution in [0.1, 0.15) is 11.1 Å². The molecule has 0 saturated carbocycles. The molecule has 0 saturated heterocycles. The smallest absolute Gasteiger partial charge is 0.277 e. The first-order valence-electron chi connectivity index (χ1n) is 9.08. The average Bonchev–Trinajstić information content (AvgIpc) is 2.78. The Balaban J connectivity index is 1.41. The maximum Gasteiger partial charge on any atom is 0.277 e. The number of carbonyl (C=O) groups excluding carboxylic acids is 1. The molecule has 3 aromatic rings. The van der Waals surface area contributed by atoms with Crippen LogP contribution in [0.25, 0.3) is 0 Å². The van der Waals surface area contributed by atoms with E-state index in [4.69, 9.17) is 14.2 Å². The SMILES string of the molecule is COc1cccc(C=NNC(=O)COc2ccc(OCc3ccccc3)cc2)c1. The number of carbonyl (C=O) groups is 1. The summed E-state index contributed by atoms with van der Waals surface area (Å²) in [4.78, 5) is 11.9. The third-order valence-corrected chi connectivity index (χ3v) is 3.94. The predicted octanol–water partition coefficient (Wildman–Crippen LogP) is 3.80. The molecule has 0 heterocycles. The number of rotatable bonds is 9. The molecule has 0 radical (unpaired) electrons. The Kier molecular flexibility index (Phi) is 7.23. The van der Waals surface area contributed by atoms with Crippen molar-refractivity contribution in [3.8, 4) is 17.2 Å². The molecule has 0 bridgehead atoms. The van der Waals surface area contributed by atoms with E-state index in [-0.39, 0.29) is 12.5 Å². The van der Waals surface area contributed by atoms with Gasteiger partial charge in [0, 0.05) is 0 Å². The van der Waals surface area contributed by atoms with Gasteiger partial charge in [0.15, 0.2) is 6.61 Å². The number of amides is 1. The Labute approximate surface area is 169 Å². The zero-order valence-corrected chi connectivity index (χ0v) is 16.1. The molecule has 6 heteroatoms. The van der Waals surface area contributed by atoms with Crippen LogP contribution in [-0.2, 0) is 11.4 Å². The number of hydrazone groups is 1. The summed E-state index contributed by atoms with van der Waals surface area (Å²) in [5, 5.41) is 3.92. The Morgan fingerprint density at radius 2 is 1.62 bits per heavy atom. The third-order valence-electron chi connectivity index (χ3n) is 3.94. The highest BCUT2D eigenvalue weighted by Crippen LogP contribution is 2.18. The van der Waals surface area contributed by atoms with E-state index in [1.54, 1.807) is 37.6 Å². The Morgan fingerprint density at radius 3 is 2.34 bits per heavy atom. The Morgan fingerprint density at radius 1 is 0.897 bits per heavy atom. The van der Waals surface area contributed by atoms with Crippen molar-refractivity contribution in [2.24, 2.45) is 5.10 Å². The first kappa shape index (κ1) is 19.9. The number of hydrogen-bond donors (Lipinski definition) is 1. The number of benzene rings is 3. The lowest BCUT2D eigenvalue weighted by Crippen LogP contribution is -2.24. The minimum absolute atomic E-state index is 0.139. The van der Waals surface area contributed by atoms with Crippen molar-refractivity contribution < 1.29 is 19.0 Å². The molecule has 0 aromatic heterocycles. The van der Waals surface area contributed by atoms with Gasteiger partial charge in [0.1, 0.15) is 23.9 Å². The van der Waals surface area contributed by atoms with Gasteiger partial charge in [-0.1, -0.05) is 42.5 Å². The zero-order chi connectivity index (χ0) is 20.3. The highest BCUT2D eigenvalue weighted by molar-refractivity contribution is 5.83. The van der Waals surface area contributed by atoms with Gasteiger partial charge in [0.25, 0.3) is 5.91 Å². The van der Waals surface area contributed by atoms with Crippen molar-refractivity contribution in [3.63, 3.8) is 0 Å². The van der Waals surface area contributed by atoms with E-state index < -0.39 is 0 Å². The van der Waals surface area contributed by atoms with Gasteiger partial charge in [-0.3, -0.25) is 4.79 Å². The van der Waals surface area contributed by atoms with Gasteiger partial charge in [-0.05, 0) is 47.5 Å². The lowest BCUT2D eigenvalue weighted by Gasteiger charge is -2.08. The van der Waals surface area contributed by atoms with E-state index in [0.717, 1.165) is 22.6 Å². The monoisotopic (exact) mass is 390 g/mol. The molecule has 0 aliphatic heterocycles. The number of ether oxygens (including phenoxy) is 3. The summed E-state index contributed by atoms with van der Waals surface area (Å²) < 4.78 is 16.3. The maximum absolute atomic E-state index is 11.9. The summed E-state index contributed by atoms with van der Waals surface area (Å²) >= 11 is 0. The number of nitrogens with one attached hydrogen (secondary N) is 1. The third kappa shape index (κ3) is 6.70. The predicted molar refractivity (Wildman–Crippen MR) is 111 cm³/mol. The van der Waals surface area contributed by atoms with E-state index in [0.29, 0.717) is 12.4 Å². The molecule has 3 rings (SSSR count). The topological polar surface area (TPSA) is 69.2 Å². The van der Waals surface area contributed by atoms with E-state index in [9.17, 15) is 4.79 Å². The first-order chi connectivity index (χ1) is 14.2. The van der Waals surface area contributed by atoms with E-state index in [1.807, 2.05) is 54.6 Å². The number of hydrogen-bond acceptors (Lipinski definition) is 5. The maximum atomic E-state index is 11.9. The summed E-state index contributed by atoms with van der Waals surface area (Å²) in [6, 6.07) is 24.4. The van der Waals surface area contributed by atoms with Gasteiger partial charge < -0.3 is 14.2 Å². The molecular weight excluding hydrogens is 368 g/mol. The second-order valence-corrected chi connectivity index (χ2v) is 6.10. The number of methoxy groups -OCH3 is 1. The molecule has 0 unspecified atom stereocenters. The van der Waals surface area contributed by atoms with Crippen molar-refractivity contribution in [1.82, 2.24) is 5.43 Å². The second kappa shape index (κ2) is 10.5. The van der Waals surface area contributed by atoms with Gasteiger partial charge in [-0.2, -0.15) is 5.10 Å². The van der Waals surface area contributed by atoms with Gasteiger partial charge in [0.05, 0.1) is 13.3 Å². The molecule has 0 aliphatic rings. The van der Waals surface area contributed by atoms with Crippen molar-refractivity contribution in [1.29, 1.82) is 0 Å². The molecule has 6 nitrogen and oxygen atoms in total. The zero-order valence-electron chi connectivity index (χ0n) is 16.1. The molecule has 0 spiro atoms. The molecule has 3 aromatic carbocycles. The standard InChI is InChI=1S/C23H22N2O4/c1-27-22-9-5-8-19(14-22)15-24-25-23(26)17-29-21-12-10-20(11-13-21)28-16-18-6-3-2-4-7-18/h2-15H,16-17H2,1H3,(H,25,26). The van der Waals surface area contributed by atoms with E-state index in [1.165, 1.54) is 0 Å². The van der Waals surface area contributed by atoms with Crippen LogP contribution < -0.4 is 19.6 Å². The van der Waals surface area contributed by atoms with Crippen LogP contribution in [0.3, 0.4) is 0 Å². The highest BCUT2D eigenvalue weighted by Gasteiger charge is 2.02. The lowest BCUT2D eigenvalue weighted by molar-refractivity contribution is -0.123. The quantitative estimate of drug-likeness (QED) is 0.446. The molecule has 0 aliphatic carbocycles. The molecule has 0 fully saturated rings. The van der Waals surface area contributed by atoms with Gasteiger partial charge in [-0.15, -0.1) is 0 Å². The van der Waals surface area contributed by atoms with Crippen LogP contribution in [0.5, 0.6) is 17.2 Å². The molecular formula is C23H22N2O4. The average molecular weight is 390 g/mol. The Hall–Kier alpha value is -3.80. The van der Waals surface area contributed by atoms with Crippen molar-refractivity contribution in [3.05, 3.63) is 90.0 Å². The minimum Gasteiger partial charge on any atom is -0.497 e. The second-order valence-electron chi connectivity index (χ2n) is 6.10. The first-order valence-corrected chi connectivity index (χ1v) is 9.08. The normalized spacial score (nSPS) is 10.5. The van der Waals surface area contributed by atoms with Crippen LogP contribution in [-0.4, -0.2) is 25.8 Å². The van der Waals surface area contributed by atoms with Crippen LogP contribution >= 0.6 is 0 Å². The summed E-state index contributed by atoms with van der Waals surface area (Å²) in [6.07, 6.45) is 1.54. The fourth-order valence-electron chi connectivity index (χ4n) is 2.45. The van der Waals surface area contributed by atoms with Gasteiger partial charge >= 0.3 is 0 Å². The summed E-state index contributed by atoms with van der Waals surface area (Å²) in [5.74, 6) is 1.67. The van der Waals surface area contributed by atoms with Crippen LogP contribution in [0.2, 0.25) is 0 Å². The number of nitrogens with zero attached hydrogens (tertiary/aromatic N) is 1. The lowest BCUT2D eigenvalue weighted by atomic mass is 10.2. The van der Waals surface area contributed by atoms with E-state index >= 15 is 0 Å². The summed E-state index contributed by atoms with van der Waals surface area (Å²) in [7, 11) is 1.59. The van der Waals surface area contributed by atoms with Crippen LogP contribution in [0.15, 0.2) is 84.0 Å². The molecule has 0 atom stereocenters. The molecule has 29 heavy (non-hydrogen) atoms. The Bertz CT molecular complexity index is 941. The van der Waals surface area contributed by atoms with Crippen LogP contribution in [0, 0.1) is 0 Å². The van der Waals surface area contributed by atoms with Crippen molar-refractivity contribution >= 4 is 12.1 Å². The van der Waals surface area contributed by atoms with Crippen molar-refractivity contribution in [2.75, 3.05) is 13.7 Å².